The minimum atomic E-state index is -0.832. The number of nitrogens with two attached hydrogens (primary N) is 1. The first-order chi connectivity index (χ1) is 18.8. The normalized spacial score (nSPS) is 24.6. The van der Waals surface area contributed by atoms with Crippen LogP contribution >= 0.6 is 11.3 Å². The molecule has 0 saturated heterocycles. The maximum absolute atomic E-state index is 13.5. The quantitative estimate of drug-likeness (QED) is 0.364. The second-order valence-corrected chi connectivity index (χ2v) is 11.8. The molecule has 39 heavy (non-hydrogen) atoms. The van der Waals surface area contributed by atoms with Gasteiger partial charge in [-0.3, -0.25) is 9.59 Å². The zero-order valence-electron chi connectivity index (χ0n) is 22.5. The monoisotopic (exact) mass is 549 g/mol. The number of halogens is 1. The summed E-state index contributed by atoms with van der Waals surface area (Å²) in [4.78, 5) is 26.8. The second kappa shape index (κ2) is 11.5. The first-order valence-electron chi connectivity index (χ1n) is 13.8. The lowest BCUT2D eigenvalue weighted by Crippen LogP contribution is -2.50. The molecule has 7 nitrogen and oxygen atoms in total. The van der Waals surface area contributed by atoms with Crippen LogP contribution < -0.4 is 11.1 Å². The van der Waals surface area contributed by atoms with Gasteiger partial charge in [-0.2, -0.15) is 11.3 Å². The van der Waals surface area contributed by atoms with Crippen LogP contribution in [0.4, 0.5) is 10.2 Å². The van der Waals surface area contributed by atoms with E-state index < -0.39 is 11.7 Å². The summed E-state index contributed by atoms with van der Waals surface area (Å²) in [7, 11) is 1.88. The molecular formula is C30H36FN5O2S. The van der Waals surface area contributed by atoms with Gasteiger partial charge < -0.3 is 16.0 Å². The van der Waals surface area contributed by atoms with Crippen molar-refractivity contribution in [3.63, 3.8) is 0 Å². The van der Waals surface area contributed by atoms with E-state index in [2.05, 4.69) is 15.5 Å². The van der Waals surface area contributed by atoms with E-state index in [1.807, 2.05) is 66.0 Å². The highest BCUT2D eigenvalue weighted by Crippen LogP contribution is 2.42. The van der Waals surface area contributed by atoms with E-state index in [-0.39, 0.29) is 17.9 Å². The molecule has 2 aliphatic carbocycles. The lowest BCUT2D eigenvalue weighted by Gasteiger charge is -2.41. The van der Waals surface area contributed by atoms with Gasteiger partial charge in [-0.25, -0.2) is 4.39 Å². The average Bonchev–Trinajstić information content (AvgIpc) is 3.47. The highest BCUT2D eigenvalue weighted by molar-refractivity contribution is 7.08. The molecule has 0 unspecified atom stereocenters. The molecular weight excluding hydrogens is 513 g/mol. The third kappa shape index (κ3) is 6.04. The van der Waals surface area contributed by atoms with E-state index in [0.29, 0.717) is 43.1 Å². The summed E-state index contributed by atoms with van der Waals surface area (Å²) in [5.41, 5.74) is 10.2. The van der Waals surface area contributed by atoms with Crippen molar-refractivity contribution in [2.24, 2.45) is 11.7 Å². The predicted octanol–water partition coefficient (Wildman–Crippen LogP) is 5.91. The predicted molar refractivity (Wildman–Crippen MR) is 153 cm³/mol. The van der Waals surface area contributed by atoms with Crippen molar-refractivity contribution in [2.75, 3.05) is 12.4 Å². The van der Waals surface area contributed by atoms with E-state index >= 15 is 0 Å². The Bertz CT molecular complexity index is 1300. The summed E-state index contributed by atoms with van der Waals surface area (Å²) in [6.45, 7) is 1.89. The Morgan fingerprint density at radius 2 is 1.82 bits per heavy atom. The summed E-state index contributed by atoms with van der Waals surface area (Å²) in [5.74, 6) is 0.821. The maximum Gasteiger partial charge on any atom is 0.225 e. The SMILES string of the molecule is CCC(=O)N(C)C1CCC(CC(=O)Nc2cc(-c3ccsc3)c(-c3ccc([C@]4(N)C[C@@H](F)C4)cc3)nn2)CC1. The van der Waals surface area contributed by atoms with Gasteiger partial charge in [0, 0.05) is 55.4 Å². The number of aromatic nitrogens is 2. The number of alkyl halides is 1. The van der Waals surface area contributed by atoms with Crippen LogP contribution in [0.3, 0.4) is 0 Å². The molecule has 3 aromatic rings. The molecule has 2 amide bonds. The van der Waals surface area contributed by atoms with Gasteiger partial charge in [0.25, 0.3) is 0 Å². The minimum absolute atomic E-state index is 0.0704. The van der Waals surface area contributed by atoms with Crippen LogP contribution in [0.15, 0.2) is 47.2 Å². The largest absolute Gasteiger partial charge is 0.343 e. The van der Waals surface area contributed by atoms with Gasteiger partial charge >= 0.3 is 0 Å². The molecule has 0 atom stereocenters. The van der Waals surface area contributed by atoms with Gasteiger partial charge in [0.15, 0.2) is 5.82 Å². The third-order valence-corrected chi connectivity index (χ3v) is 9.02. The van der Waals surface area contributed by atoms with Crippen LogP contribution in [0, 0.1) is 5.92 Å². The molecule has 0 spiro atoms. The first-order valence-corrected chi connectivity index (χ1v) is 14.7. The number of carbonyl (C=O) groups is 2. The van der Waals surface area contributed by atoms with Crippen LogP contribution in [-0.4, -0.2) is 46.2 Å². The van der Waals surface area contributed by atoms with Gasteiger partial charge in [-0.1, -0.05) is 31.2 Å². The zero-order chi connectivity index (χ0) is 27.6. The number of thiophene rings is 1. The van der Waals surface area contributed by atoms with Gasteiger partial charge in [-0.05, 0) is 65.6 Å². The van der Waals surface area contributed by atoms with Crippen molar-refractivity contribution in [1.29, 1.82) is 0 Å². The average molecular weight is 550 g/mol. The molecule has 3 N–H and O–H groups in total. The minimum Gasteiger partial charge on any atom is -0.343 e. The van der Waals surface area contributed by atoms with Gasteiger partial charge in [-0.15, -0.1) is 10.2 Å². The van der Waals surface area contributed by atoms with Crippen molar-refractivity contribution in [2.45, 2.75) is 76.0 Å². The van der Waals surface area contributed by atoms with Gasteiger partial charge in [0.2, 0.25) is 11.8 Å². The molecule has 1 aromatic carbocycles. The third-order valence-electron chi connectivity index (χ3n) is 8.33. The van der Waals surface area contributed by atoms with Crippen molar-refractivity contribution in [3.05, 3.63) is 52.7 Å². The fraction of sp³-hybridized carbons (Fsp3) is 0.467. The molecule has 0 bridgehead atoms. The summed E-state index contributed by atoms with van der Waals surface area (Å²) in [5, 5.41) is 15.8. The maximum atomic E-state index is 13.5. The fourth-order valence-corrected chi connectivity index (χ4v) is 6.53. The standard InChI is InChI=1S/C30H36FN5O2S/c1-3-28(38)36(2)24-10-4-19(5-11-24)14-27(37)33-26-15-25(21-12-13-39-18-21)29(35-34-26)20-6-8-22(9-7-20)30(32)16-23(31)17-30/h6-9,12-13,15,18-19,23-24H,3-5,10-11,14,16-17,32H2,1-2H3,(H,33,34,37)/t19?,23-,24?,30+. The van der Waals surface area contributed by atoms with Gasteiger partial charge in [0.1, 0.15) is 11.9 Å². The van der Waals surface area contributed by atoms with E-state index in [1.165, 1.54) is 0 Å². The van der Waals surface area contributed by atoms with E-state index in [1.54, 1.807) is 11.3 Å². The zero-order valence-corrected chi connectivity index (χ0v) is 23.3. The summed E-state index contributed by atoms with van der Waals surface area (Å²) in [6, 6.07) is 12.0. The number of nitrogens with one attached hydrogen (secondary N) is 1. The van der Waals surface area contributed by atoms with Crippen LogP contribution in [-0.2, 0) is 15.1 Å². The number of hydrogen-bond donors (Lipinski definition) is 2. The summed E-state index contributed by atoms with van der Waals surface area (Å²) in [6.07, 6.45) is 4.51. The molecule has 2 aliphatic rings. The van der Waals surface area contributed by atoms with E-state index in [4.69, 9.17) is 5.73 Å². The molecule has 0 aliphatic heterocycles. The topological polar surface area (TPSA) is 101 Å². The number of rotatable bonds is 8. The molecule has 2 heterocycles. The van der Waals surface area contributed by atoms with Crippen LogP contribution in [0.2, 0.25) is 0 Å². The molecule has 5 rings (SSSR count). The summed E-state index contributed by atoms with van der Waals surface area (Å²) < 4.78 is 13.5. The second-order valence-electron chi connectivity index (χ2n) is 11.0. The Morgan fingerprint density at radius 1 is 1.10 bits per heavy atom. The van der Waals surface area contributed by atoms with E-state index in [0.717, 1.165) is 47.9 Å². The fourth-order valence-electron chi connectivity index (χ4n) is 5.88. The molecule has 2 fully saturated rings. The number of benzene rings is 1. The number of amides is 2. The lowest BCUT2D eigenvalue weighted by molar-refractivity contribution is -0.132. The highest BCUT2D eigenvalue weighted by atomic mass is 32.1. The number of nitrogens with zero attached hydrogens (tertiary/aromatic N) is 3. The van der Waals surface area contributed by atoms with E-state index in [9.17, 15) is 14.0 Å². The van der Waals surface area contributed by atoms with Crippen molar-refractivity contribution >= 4 is 29.0 Å². The Kier molecular flexibility index (Phi) is 8.09. The Labute approximate surface area is 233 Å². The first kappa shape index (κ1) is 27.4. The molecule has 0 radical (unpaired) electrons. The van der Waals surface area contributed by atoms with Gasteiger partial charge in [0.05, 0.1) is 0 Å². The Morgan fingerprint density at radius 3 is 2.44 bits per heavy atom. The molecule has 2 saturated carbocycles. The Hall–Kier alpha value is -3.17. The van der Waals surface area contributed by atoms with Crippen molar-refractivity contribution in [3.8, 4) is 22.4 Å². The molecule has 206 valence electrons. The number of anilines is 1. The molecule has 2 aromatic heterocycles. The van der Waals surface area contributed by atoms with Crippen molar-refractivity contribution in [1.82, 2.24) is 15.1 Å². The molecule has 9 heteroatoms. The van der Waals surface area contributed by atoms with Crippen molar-refractivity contribution < 1.29 is 14.0 Å². The number of carbonyl (C=O) groups excluding carboxylic acids is 2. The van der Waals surface area contributed by atoms with Crippen LogP contribution in [0.25, 0.3) is 22.4 Å². The van der Waals surface area contributed by atoms with Crippen LogP contribution in [0.1, 0.15) is 63.9 Å². The van der Waals surface area contributed by atoms with Crippen LogP contribution in [0.5, 0.6) is 0 Å². The lowest BCUT2D eigenvalue weighted by atomic mass is 9.71. The highest BCUT2D eigenvalue weighted by Gasteiger charge is 2.42. The Balaban J connectivity index is 1.26. The summed E-state index contributed by atoms with van der Waals surface area (Å²) >= 11 is 1.59. The smallest absolute Gasteiger partial charge is 0.225 e. The number of hydrogen-bond acceptors (Lipinski definition) is 6.